The largest absolute Gasteiger partial charge is 0.433 e. The van der Waals surface area contributed by atoms with Gasteiger partial charge in [0.1, 0.15) is 5.69 Å². The summed E-state index contributed by atoms with van der Waals surface area (Å²) in [7, 11) is 0. The monoisotopic (exact) mass is 205 g/mol. The molecule has 0 aromatic carbocycles. The first-order valence-electron chi connectivity index (χ1n) is 4.31. The van der Waals surface area contributed by atoms with Crippen LogP contribution in [0.2, 0.25) is 0 Å². The Hall–Kier alpha value is -1.04. The van der Waals surface area contributed by atoms with Crippen LogP contribution in [-0.2, 0) is 11.6 Å². The third-order valence-corrected chi connectivity index (χ3v) is 2.74. The highest BCUT2D eigenvalue weighted by Crippen LogP contribution is 2.50. The Kier molecular flexibility index (Phi) is 1.85. The molecule has 3 nitrogen and oxygen atoms in total. The van der Waals surface area contributed by atoms with Crippen LogP contribution >= 0.6 is 0 Å². The normalized spacial score (nSPS) is 19.7. The van der Waals surface area contributed by atoms with Crippen LogP contribution in [0.15, 0.2) is 6.20 Å². The van der Waals surface area contributed by atoms with Crippen molar-refractivity contribution in [1.82, 2.24) is 10.2 Å². The van der Waals surface area contributed by atoms with Gasteiger partial charge in [0, 0.05) is 17.5 Å². The summed E-state index contributed by atoms with van der Waals surface area (Å²) in [4.78, 5) is 0. The summed E-state index contributed by atoms with van der Waals surface area (Å²) in [6.45, 7) is 0.246. The molecule has 3 N–H and O–H groups in total. The standard InChI is InChI=1S/C8H10F3N3/c9-8(10,11)6-5(3-13-14-6)7(4-12)1-2-7/h3H,1-2,4,12H2,(H,13,14). The SMILES string of the molecule is NCC1(c2cn[nH]c2C(F)(F)F)CC1. The quantitative estimate of drug-likeness (QED) is 0.767. The predicted octanol–water partition coefficient (Wildman–Crippen LogP) is 1.42. The smallest absolute Gasteiger partial charge is 0.330 e. The van der Waals surface area contributed by atoms with Crippen LogP contribution in [0.4, 0.5) is 13.2 Å². The maximum Gasteiger partial charge on any atom is 0.433 e. The number of alkyl halides is 3. The van der Waals surface area contributed by atoms with E-state index in [9.17, 15) is 13.2 Å². The molecule has 0 radical (unpaired) electrons. The van der Waals surface area contributed by atoms with E-state index in [0.29, 0.717) is 12.8 Å². The number of hydrogen-bond donors (Lipinski definition) is 2. The van der Waals surface area contributed by atoms with Crippen LogP contribution in [-0.4, -0.2) is 16.7 Å². The number of H-pyrrole nitrogens is 1. The fourth-order valence-electron chi connectivity index (χ4n) is 1.64. The third-order valence-electron chi connectivity index (χ3n) is 2.74. The van der Waals surface area contributed by atoms with Gasteiger partial charge in [0.25, 0.3) is 0 Å². The Balaban J connectivity index is 2.40. The van der Waals surface area contributed by atoms with E-state index in [0.717, 1.165) is 0 Å². The van der Waals surface area contributed by atoms with Gasteiger partial charge in [-0.15, -0.1) is 0 Å². The lowest BCUT2D eigenvalue weighted by molar-refractivity contribution is -0.142. The van der Waals surface area contributed by atoms with E-state index in [1.165, 1.54) is 6.20 Å². The third kappa shape index (κ3) is 1.30. The van der Waals surface area contributed by atoms with Crippen molar-refractivity contribution in [3.8, 4) is 0 Å². The molecule has 78 valence electrons. The molecule has 1 heterocycles. The predicted molar refractivity (Wildman–Crippen MR) is 43.6 cm³/mol. The van der Waals surface area contributed by atoms with Crippen LogP contribution in [0.25, 0.3) is 0 Å². The molecular weight excluding hydrogens is 195 g/mol. The molecule has 6 heteroatoms. The maximum atomic E-state index is 12.5. The number of aromatic amines is 1. The van der Waals surface area contributed by atoms with Gasteiger partial charge >= 0.3 is 6.18 Å². The zero-order chi connectivity index (χ0) is 10.4. The van der Waals surface area contributed by atoms with Crippen molar-refractivity contribution in [3.63, 3.8) is 0 Å². The summed E-state index contributed by atoms with van der Waals surface area (Å²) in [5.74, 6) is 0. The second-order valence-electron chi connectivity index (χ2n) is 3.64. The molecule has 1 aromatic heterocycles. The topological polar surface area (TPSA) is 54.7 Å². The van der Waals surface area contributed by atoms with Crippen molar-refractivity contribution in [1.29, 1.82) is 0 Å². The minimum absolute atomic E-state index is 0.215. The van der Waals surface area contributed by atoms with E-state index in [-0.39, 0.29) is 12.1 Å². The number of rotatable bonds is 2. The molecule has 0 aliphatic heterocycles. The first-order chi connectivity index (χ1) is 6.49. The van der Waals surface area contributed by atoms with Gasteiger partial charge in [-0.05, 0) is 12.8 Å². The first kappa shape index (κ1) is 9.51. The van der Waals surface area contributed by atoms with Gasteiger partial charge < -0.3 is 5.73 Å². The van der Waals surface area contributed by atoms with Gasteiger partial charge in [0.2, 0.25) is 0 Å². The number of halogens is 3. The minimum Gasteiger partial charge on any atom is -0.330 e. The van der Waals surface area contributed by atoms with Crippen LogP contribution in [0.5, 0.6) is 0 Å². The highest BCUT2D eigenvalue weighted by molar-refractivity contribution is 5.34. The average molecular weight is 205 g/mol. The van der Waals surface area contributed by atoms with Crippen LogP contribution < -0.4 is 5.73 Å². The molecule has 1 aromatic rings. The van der Waals surface area contributed by atoms with Gasteiger partial charge in [-0.3, -0.25) is 5.10 Å². The summed E-state index contributed by atoms with van der Waals surface area (Å²) < 4.78 is 37.4. The van der Waals surface area contributed by atoms with Crippen LogP contribution in [0.1, 0.15) is 24.1 Å². The van der Waals surface area contributed by atoms with Gasteiger partial charge in [-0.2, -0.15) is 18.3 Å². The molecule has 14 heavy (non-hydrogen) atoms. The lowest BCUT2D eigenvalue weighted by Gasteiger charge is -2.13. The van der Waals surface area contributed by atoms with E-state index in [1.807, 2.05) is 5.10 Å². The molecule has 0 atom stereocenters. The summed E-state index contributed by atoms with van der Waals surface area (Å²) in [6.07, 6.45) is -1.70. The number of aromatic nitrogens is 2. The number of hydrogen-bond acceptors (Lipinski definition) is 2. The summed E-state index contributed by atoms with van der Waals surface area (Å²) in [5.41, 5.74) is 4.45. The lowest BCUT2D eigenvalue weighted by Crippen LogP contribution is -2.23. The summed E-state index contributed by atoms with van der Waals surface area (Å²) in [5, 5.41) is 5.44. The van der Waals surface area contributed by atoms with Crippen molar-refractivity contribution in [2.45, 2.75) is 24.4 Å². The molecule has 1 aliphatic rings. The van der Waals surface area contributed by atoms with Crippen molar-refractivity contribution in [2.24, 2.45) is 5.73 Å². The van der Waals surface area contributed by atoms with Crippen molar-refractivity contribution < 1.29 is 13.2 Å². The molecule has 0 saturated heterocycles. The second kappa shape index (κ2) is 2.73. The highest BCUT2D eigenvalue weighted by Gasteiger charge is 2.49. The maximum absolute atomic E-state index is 12.5. The molecule has 2 rings (SSSR count). The van der Waals surface area contributed by atoms with Crippen molar-refractivity contribution in [2.75, 3.05) is 6.54 Å². The Morgan fingerprint density at radius 1 is 1.50 bits per heavy atom. The Labute approximate surface area is 78.5 Å². The molecule has 0 unspecified atom stereocenters. The van der Waals surface area contributed by atoms with Gasteiger partial charge in [0.05, 0.1) is 6.20 Å². The number of nitrogens with zero attached hydrogens (tertiary/aromatic N) is 1. The van der Waals surface area contributed by atoms with E-state index in [1.54, 1.807) is 0 Å². The van der Waals surface area contributed by atoms with E-state index in [4.69, 9.17) is 5.73 Å². The molecule has 1 saturated carbocycles. The zero-order valence-corrected chi connectivity index (χ0v) is 7.36. The van der Waals surface area contributed by atoms with Crippen molar-refractivity contribution >= 4 is 0 Å². The summed E-state index contributed by atoms with van der Waals surface area (Å²) in [6, 6.07) is 0. The van der Waals surface area contributed by atoms with Gasteiger partial charge in [-0.25, -0.2) is 0 Å². The molecular formula is C8H10F3N3. The molecule has 1 aliphatic carbocycles. The molecule has 0 spiro atoms. The van der Waals surface area contributed by atoms with E-state index < -0.39 is 17.3 Å². The van der Waals surface area contributed by atoms with E-state index in [2.05, 4.69) is 5.10 Å². The average Bonchev–Trinajstić information content (AvgIpc) is 2.72. The van der Waals surface area contributed by atoms with Gasteiger partial charge in [0.15, 0.2) is 0 Å². The fraction of sp³-hybridized carbons (Fsp3) is 0.625. The Bertz CT molecular complexity index is 338. The fourth-order valence-corrected chi connectivity index (χ4v) is 1.64. The van der Waals surface area contributed by atoms with Gasteiger partial charge in [-0.1, -0.05) is 0 Å². The summed E-state index contributed by atoms with van der Waals surface area (Å²) >= 11 is 0. The molecule has 0 amide bonds. The number of nitrogens with one attached hydrogen (secondary N) is 1. The molecule has 1 fully saturated rings. The second-order valence-corrected chi connectivity index (χ2v) is 3.64. The molecule has 0 bridgehead atoms. The van der Waals surface area contributed by atoms with Crippen LogP contribution in [0, 0.1) is 0 Å². The Morgan fingerprint density at radius 2 is 2.14 bits per heavy atom. The zero-order valence-electron chi connectivity index (χ0n) is 7.36. The number of nitrogens with two attached hydrogens (primary N) is 1. The minimum atomic E-state index is -4.36. The van der Waals surface area contributed by atoms with Crippen LogP contribution in [0.3, 0.4) is 0 Å². The highest BCUT2D eigenvalue weighted by atomic mass is 19.4. The first-order valence-corrected chi connectivity index (χ1v) is 4.31. The van der Waals surface area contributed by atoms with Crippen molar-refractivity contribution in [3.05, 3.63) is 17.5 Å². The lowest BCUT2D eigenvalue weighted by atomic mass is 9.96. The Morgan fingerprint density at radius 3 is 2.57 bits per heavy atom. The van der Waals surface area contributed by atoms with E-state index >= 15 is 0 Å².